The third-order valence-electron chi connectivity index (χ3n) is 3.26. The van der Waals surface area contributed by atoms with Crippen LogP contribution in [0.1, 0.15) is 57.2 Å². The van der Waals surface area contributed by atoms with Gasteiger partial charge in [0.05, 0.1) is 6.61 Å². The Morgan fingerprint density at radius 3 is 2.65 bits per heavy atom. The second kappa shape index (κ2) is 5.09. The molecule has 2 nitrogen and oxygen atoms in total. The minimum Gasteiger partial charge on any atom is -0.493 e. The summed E-state index contributed by atoms with van der Waals surface area (Å²) in [6.45, 7) is 9.65. The summed E-state index contributed by atoms with van der Waals surface area (Å²) in [4.78, 5) is 0. The van der Waals surface area contributed by atoms with Gasteiger partial charge in [-0.3, -0.25) is 0 Å². The third-order valence-corrected chi connectivity index (χ3v) is 3.26. The maximum atomic E-state index is 5.89. The van der Waals surface area contributed by atoms with Gasteiger partial charge in [-0.1, -0.05) is 45.9 Å². The molecule has 0 saturated carbocycles. The average molecular weight is 233 g/mol. The van der Waals surface area contributed by atoms with Crippen LogP contribution < -0.4 is 10.1 Å². The van der Waals surface area contributed by atoms with Crippen LogP contribution in [0.15, 0.2) is 18.2 Å². The van der Waals surface area contributed by atoms with Gasteiger partial charge in [0.2, 0.25) is 0 Å². The third kappa shape index (κ3) is 2.63. The van der Waals surface area contributed by atoms with Crippen LogP contribution in [0.25, 0.3) is 0 Å². The molecule has 94 valence electrons. The van der Waals surface area contributed by atoms with E-state index in [4.69, 9.17) is 4.74 Å². The van der Waals surface area contributed by atoms with Gasteiger partial charge in [-0.2, -0.15) is 0 Å². The number of fused-ring (bicyclic) bond motifs is 1. The van der Waals surface area contributed by atoms with Gasteiger partial charge in [0.1, 0.15) is 5.75 Å². The minimum atomic E-state index is 0.442. The zero-order valence-corrected chi connectivity index (χ0v) is 11.3. The topological polar surface area (TPSA) is 21.3 Å². The van der Waals surface area contributed by atoms with E-state index in [1.54, 1.807) is 0 Å². The Morgan fingerprint density at radius 2 is 2.00 bits per heavy atom. The van der Waals surface area contributed by atoms with Crippen LogP contribution in [0.5, 0.6) is 5.75 Å². The van der Waals surface area contributed by atoms with Gasteiger partial charge in [0.25, 0.3) is 0 Å². The Kier molecular flexibility index (Phi) is 3.72. The lowest BCUT2D eigenvalue weighted by molar-refractivity contribution is 0.244. The van der Waals surface area contributed by atoms with Crippen molar-refractivity contribution < 1.29 is 4.74 Å². The first kappa shape index (κ1) is 12.4. The van der Waals surface area contributed by atoms with E-state index in [2.05, 4.69) is 51.2 Å². The smallest absolute Gasteiger partial charge is 0.127 e. The summed E-state index contributed by atoms with van der Waals surface area (Å²) in [5, 5.41) is 3.62. The lowest BCUT2D eigenvalue weighted by atomic mass is 9.93. The number of benzene rings is 1. The summed E-state index contributed by atoms with van der Waals surface area (Å²) in [6, 6.07) is 7.48. The number of hydrogen-bond donors (Lipinski definition) is 1. The summed E-state index contributed by atoms with van der Waals surface area (Å²) in [6.07, 6.45) is 1.06. The SMILES string of the molecule is CC(C)NC1CCOc2c(C(C)C)cccc21. The molecule has 1 aromatic rings. The molecule has 0 saturated heterocycles. The number of hydrogen-bond acceptors (Lipinski definition) is 2. The molecule has 17 heavy (non-hydrogen) atoms. The number of rotatable bonds is 3. The van der Waals surface area contributed by atoms with Crippen molar-refractivity contribution in [2.45, 2.75) is 52.1 Å². The molecule has 0 bridgehead atoms. The van der Waals surface area contributed by atoms with E-state index in [0.29, 0.717) is 18.0 Å². The van der Waals surface area contributed by atoms with Crippen LogP contribution in [0.4, 0.5) is 0 Å². The molecule has 0 spiro atoms. The predicted octanol–water partition coefficient (Wildman–Crippen LogP) is 3.63. The molecule has 0 aromatic heterocycles. The molecule has 1 aromatic carbocycles. The lowest BCUT2D eigenvalue weighted by Crippen LogP contribution is -2.32. The van der Waals surface area contributed by atoms with Crippen molar-refractivity contribution >= 4 is 0 Å². The first-order chi connectivity index (χ1) is 8.09. The van der Waals surface area contributed by atoms with E-state index in [-0.39, 0.29) is 0 Å². The molecule has 2 rings (SSSR count). The fourth-order valence-corrected chi connectivity index (χ4v) is 2.48. The van der Waals surface area contributed by atoms with E-state index in [9.17, 15) is 0 Å². The first-order valence-electron chi connectivity index (χ1n) is 6.61. The molecular weight excluding hydrogens is 210 g/mol. The average Bonchev–Trinajstić information content (AvgIpc) is 2.28. The molecule has 0 radical (unpaired) electrons. The molecule has 1 unspecified atom stereocenters. The van der Waals surface area contributed by atoms with E-state index in [1.165, 1.54) is 11.1 Å². The molecule has 1 aliphatic heterocycles. The largest absolute Gasteiger partial charge is 0.493 e. The first-order valence-corrected chi connectivity index (χ1v) is 6.61. The fraction of sp³-hybridized carbons (Fsp3) is 0.600. The Hall–Kier alpha value is -1.02. The van der Waals surface area contributed by atoms with Crippen LogP contribution in [0, 0.1) is 0 Å². The van der Waals surface area contributed by atoms with Crippen molar-refractivity contribution in [3.63, 3.8) is 0 Å². The van der Waals surface area contributed by atoms with Crippen molar-refractivity contribution in [3.05, 3.63) is 29.3 Å². The molecule has 0 fully saturated rings. The molecule has 1 atom stereocenters. The van der Waals surface area contributed by atoms with Gasteiger partial charge in [0, 0.05) is 24.1 Å². The Morgan fingerprint density at radius 1 is 1.24 bits per heavy atom. The van der Waals surface area contributed by atoms with E-state index in [0.717, 1.165) is 18.8 Å². The summed E-state index contributed by atoms with van der Waals surface area (Å²) in [7, 11) is 0. The zero-order valence-electron chi connectivity index (χ0n) is 11.3. The molecule has 2 heteroatoms. The molecule has 1 aliphatic rings. The van der Waals surface area contributed by atoms with Crippen molar-refractivity contribution in [1.29, 1.82) is 0 Å². The summed E-state index contributed by atoms with van der Waals surface area (Å²) in [5.41, 5.74) is 2.66. The second-order valence-corrected chi connectivity index (χ2v) is 5.43. The van der Waals surface area contributed by atoms with Crippen LogP contribution in [-0.2, 0) is 0 Å². The molecule has 1 heterocycles. The highest BCUT2D eigenvalue weighted by atomic mass is 16.5. The van der Waals surface area contributed by atoms with Crippen LogP contribution >= 0.6 is 0 Å². The second-order valence-electron chi connectivity index (χ2n) is 5.43. The number of para-hydroxylation sites is 1. The van der Waals surface area contributed by atoms with Gasteiger partial charge >= 0.3 is 0 Å². The Bertz CT molecular complexity index is 385. The summed E-state index contributed by atoms with van der Waals surface area (Å²) >= 11 is 0. The minimum absolute atomic E-state index is 0.442. The molecular formula is C15H23NO. The highest BCUT2D eigenvalue weighted by molar-refractivity contribution is 5.46. The lowest BCUT2D eigenvalue weighted by Gasteiger charge is -2.30. The van der Waals surface area contributed by atoms with Crippen LogP contribution in [-0.4, -0.2) is 12.6 Å². The highest BCUT2D eigenvalue weighted by Gasteiger charge is 2.24. The van der Waals surface area contributed by atoms with Crippen molar-refractivity contribution in [3.8, 4) is 5.75 Å². The van der Waals surface area contributed by atoms with Crippen LogP contribution in [0.2, 0.25) is 0 Å². The summed E-state index contributed by atoms with van der Waals surface area (Å²) in [5.74, 6) is 1.63. The normalized spacial score (nSPS) is 19.3. The quantitative estimate of drug-likeness (QED) is 0.860. The number of ether oxygens (including phenoxy) is 1. The maximum absolute atomic E-state index is 5.89. The highest BCUT2D eigenvalue weighted by Crippen LogP contribution is 2.38. The van der Waals surface area contributed by atoms with Crippen molar-refractivity contribution in [1.82, 2.24) is 5.32 Å². The molecule has 0 aliphatic carbocycles. The predicted molar refractivity (Wildman–Crippen MR) is 71.7 cm³/mol. The van der Waals surface area contributed by atoms with E-state index < -0.39 is 0 Å². The van der Waals surface area contributed by atoms with Gasteiger partial charge in [-0.25, -0.2) is 0 Å². The number of nitrogens with one attached hydrogen (secondary N) is 1. The monoisotopic (exact) mass is 233 g/mol. The standard InChI is InChI=1S/C15H23NO/c1-10(2)12-6-5-7-13-14(16-11(3)4)8-9-17-15(12)13/h5-7,10-11,14,16H,8-9H2,1-4H3. The van der Waals surface area contributed by atoms with Crippen molar-refractivity contribution in [2.24, 2.45) is 0 Å². The van der Waals surface area contributed by atoms with Gasteiger partial charge < -0.3 is 10.1 Å². The molecule has 0 amide bonds. The fourth-order valence-electron chi connectivity index (χ4n) is 2.48. The molecule has 1 N–H and O–H groups in total. The van der Waals surface area contributed by atoms with E-state index >= 15 is 0 Å². The van der Waals surface area contributed by atoms with Crippen LogP contribution in [0.3, 0.4) is 0 Å². The van der Waals surface area contributed by atoms with Gasteiger partial charge in [0.15, 0.2) is 0 Å². The maximum Gasteiger partial charge on any atom is 0.127 e. The van der Waals surface area contributed by atoms with Crippen molar-refractivity contribution in [2.75, 3.05) is 6.61 Å². The zero-order chi connectivity index (χ0) is 12.4. The Balaban J connectivity index is 2.35. The van der Waals surface area contributed by atoms with Gasteiger partial charge in [-0.15, -0.1) is 0 Å². The van der Waals surface area contributed by atoms with Gasteiger partial charge in [-0.05, 0) is 11.5 Å². The van der Waals surface area contributed by atoms with E-state index in [1.807, 2.05) is 0 Å². The Labute approximate surface area is 104 Å². The summed E-state index contributed by atoms with van der Waals surface area (Å²) < 4.78 is 5.89.